The number of fused-ring (bicyclic) bond motifs is 1. The van der Waals surface area contributed by atoms with E-state index in [1.807, 2.05) is 32.0 Å². The van der Waals surface area contributed by atoms with E-state index >= 15 is 0 Å². The summed E-state index contributed by atoms with van der Waals surface area (Å²) in [6.45, 7) is 3.91. The average molecular weight is 332 g/mol. The highest BCUT2D eigenvalue weighted by Crippen LogP contribution is 2.32. The molecule has 0 unspecified atom stereocenters. The molecule has 3 rings (SSSR count). The van der Waals surface area contributed by atoms with Crippen molar-refractivity contribution < 1.29 is 9.47 Å². The van der Waals surface area contributed by atoms with Crippen molar-refractivity contribution in [2.24, 2.45) is 0 Å². The number of nitrogens with zero attached hydrogens (tertiary/aromatic N) is 3. The monoisotopic (exact) mass is 332 g/mol. The largest absolute Gasteiger partial charge is 0.493 e. The Morgan fingerprint density at radius 3 is 2.78 bits per heavy atom. The van der Waals surface area contributed by atoms with Gasteiger partial charge in [-0.25, -0.2) is 4.98 Å². The highest BCUT2D eigenvalue weighted by atomic mass is 32.1. The molecule has 23 heavy (non-hydrogen) atoms. The van der Waals surface area contributed by atoms with Crippen molar-refractivity contribution in [2.45, 2.75) is 20.0 Å². The summed E-state index contributed by atoms with van der Waals surface area (Å²) in [5.74, 6) is 1.30. The average Bonchev–Trinajstić information content (AvgIpc) is 2.92. The molecule has 3 aromatic rings. The molecule has 0 saturated carbocycles. The lowest BCUT2D eigenvalue weighted by Gasteiger charge is -2.14. The molecule has 1 aromatic carbocycles. The van der Waals surface area contributed by atoms with Gasteiger partial charge in [0.25, 0.3) is 5.56 Å². The number of aromatic nitrogens is 3. The molecular formula is C15H16N4O3S. The van der Waals surface area contributed by atoms with Crippen LogP contribution >= 0.6 is 11.3 Å². The van der Waals surface area contributed by atoms with E-state index < -0.39 is 0 Å². The Kier molecular flexibility index (Phi) is 4.16. The van der Waals surface area contributed by atoms with Gasteiger partial charge in [0.1, 0.15) is 0 Å². The summed E-state index contributed by atoms with van der Waals surface area (Å²) in [6, 6.07) is 6.89. The smallest absolute Gasteiger partial charge is 0.275 e. The molecule has 120 valence electrons. The molecule has 7 nitrogen and oxygen atoms in total. The van der Waals surface area contributed by atoms with E-state index in [2.05, 4.69) is 15.4 Å². The molecular weight excluding hydrogens is 316 g/mol. The van der Waals surface area contributed by atoms with Crippen molar-refractivity contribution in [1.82, 2.24) is 14.6 Å². The number of rotatable bonds is 5. The fraction of sp³-hybridized carbons (Fsp3) is 0.267. The molecule has 0 aliphatic carbocycles. The number of hydrogen-bond acceptors (Lipinski definition) is 7. The van der Waals surface area contributed by atoms with Crippen LogP contribution in [0.5, 0.6) is 11.5 Å². The normalized spacial score (nSPS) is 11.0. The summed E-state index contributed by atoms with van der Waals surface area (Å²) >= 11 is 1.29. The minimum absolute atomic E-state index is 0.0601. The van der Waals surface area contributed by atoms with E-state index in [4.69, 9.17) is 9.47 Å². The second-order valence-corrected chi connectivity index (χ2v) is 6.00. The second kappa shape index (κ2) is 6.25. The van der Waals surface area contributed by atoms with Crippen molar-refractivity contribution >= 4 is 27.1 Å². The summed E-state index contributed by atoms with van der Waals surface area (Å²) in [6.07, 6.45) is 1.53. The van der Waals surface area contributed by atoms with Crippen LogP contribution in [-0.4, -0.2) is 27.8 Å². The lowest BCUT2D eigenvalue weighted by Crippen LogP contribution is -2.12. The SMILES string of the molecule is COc1cc(Nc2nn3c(=O)ccnc3s2)ccc1OC(C)C. The zero-order valence-electron chi connectivity index (χ0n) is 12.9. The van der Waals surface area contributed by atoms with E-state index in [1.54, 1.807) is 7.11 Å². The van der Waals surface area contributed by atoms with Gasteiger partial charge < -0.3 is 14.8 Å². The van der Waals surface area contributed by atoms with E-state index in [-0.39, 0.29) is 11.7 Å². The molecule has 2 aromatic heterocycles. The predicted molar refractivity (Wildman–Crippen MR) is 89.2 cm³/mol. The van der Waals surface area contributed by atoms with Gasteiger partial charge in [-0.3, -0.25) is 4.79 Å². The zero-order valence-corrected chi connectivity index (χ0v) is 13.8. The first-order valence-electron chi connectivity index (χ1n) is 7.03. The number of hydrogen-bond donors (Lipinski definition) is 1. The highest BCUT2D eigenvalue weighted by molar-refractivity contribution is 7.20. The maximum atomic E-state index is 11.7. The van der Waals surface area contributed by atoms with Crippen LogP contribution in [0.1, 0.15) is 13.8 Å². The molecule has 1 N–H and O–H groups in total. The number of methoxy groups -OCH3 is 1. The van der Waals surface area contributed by atoms with Crippen molar-refractivity contribution in [2.75, 3.05) is 12.4 Å². The third kappa shape index (κ3) is 3.26. The van der Waals surface area contributed by atoms with Crippen molar-refractivity contribution in [3.63, 3.8) is 0 Å². The fourth-order valence-electron chi connectivity index (χ4n) is 2.01. The van der Waals surface area contributed by atoms with Crippen molar-refractivity contribution in [1.29, 1.82) is 0 Å². The van der Waals surface area contributed by atoms with Crippen LogP contribution < -0.4 is 20.3 Å². The number of benzene rings is 1. The number of anilines is 2. The summed E-state index contributed by atoms with van der Waals surface area (Å²) < 4.78 is 12.3. The van der Waals surface area contributed by atoms with Gasteiger partial charge in [0.15, 0.2) is 11.5 Å². The molecule has 0 aliphatic rings. The van der Waals surface area contributed by atoms with Crippen LogP contribution in [0.2, 0.25) is 0 Å². The van der Waals surface area contributed by atoms with Gasteiger partial charge in [-0.05, 0) is 26.0 Å². The molecule has 0 bridgehead atoms. The summed E-state index contributed by atoms with van der Waals surface area (Å²) in [5, 5.41) is 7.93. The standard InChI is InChI=1S/C15H16N4O3S/c1-9(2)22-11-5-4-10(8-12(11)21-3)17-14-18-19-13(20)6-7-16-15(19)23-14/h4-9H,1-3H3,(H,17,18). The van der Waals surface area contributed by atoms with E-state index in [0.717, 1.165) is 5.69 Å². The third-order valence-electron chi connectivity index (χ3n) is 2.95. The first kappa shape index (κ1) is 15.3. The number of ether oxygens (including phenoxy) is 2. The molecule has 0 atom stereocenters. The summed E-state index contributed by atoms with van der Waals surface area (Å²) in [4.78, 5) is 16.3. The highest BCUT2D eigenvalue weighted by Gasteiger charge is 2.10. The van der Waals surface area contributed by atoms with Crippen molar-refractivity contribution in [3.05, 3.63) is 40.8 Å². The zero-order chi connectivity index (χ0) is 16.4. The first-order valence-corrected chi connectivity index (χ1v) is 7.85. The van der Waals surface area contributed by atoms with E-state index in [1.165, 1.54) is 28.1 Å². The maximum Gasteiger partial charge on any atom is 0.275 e. The van der Waals surface area contributed by atoms with Crippen molar-refractivity contribution in [3.8, 4) is 11.5 Å². The van der Waals surface area contributed by atoms with Gasteiger partial charge in [-0.2, -0.15) is 4.52 Å². The van der Waals surface area contributed by atoms with E-state index in [0.29, 0.717) is 21.6 Å². The Bertz CT molecular complexity index is 888. The van der Waals surface area contributed by atoms with Gasteiger partial charge in [-0.1, -0.05) is 11.3 Å². The fourth-order valence-corrected chi connectivity index (χ4v) is 2.81. The predicted octanol–water partition coefficient (Wildman–Crippen LogP) is 2.69. The molecule has 8 heteroatoms. The van der Waals surface area contributed by atoms with Crippen LogP contribution in [0.3, 0.4) is 0 Å². The maximum absolute atomic E-state index is 11.7. The summed E-state index contributed by atoms with van der Waals surface area (Å²) in [7, 11) is 1.59. The van der Waals surface area contributed by atoms with E-state index in [9.17, 15) is 4.79 Å². The molecule has 0 aliphatic heterocycles. The second-order valence-electron chi connectivity index (χ2n) is 5.04. The Balaban J connectivity index is 1.89. The van der Waals surface area contributed by atoms with Crippen LogP contribution in [0.4, 0.5) is 10.8 Å². The van der Waals surface area contributed by atoms with Crippen LogP contribution in [0, 0.1) is 0 Å². The molecule has 0 saturated heterocycles. The molecule has 2 heterocycles. The van der Waals surface area contributed by atoms with Gasteiger partial charge >= 0.3 is 0 Å². The third-order valence-corrected chi connectivity index (χ3v) is 3.79. The Morgan fingerprint density at radius 1 is 1.26 bits per heavy atom. The summed E-state index contributed by atoms with van der Waals surface area (Å²) in [5.41, 5.74) is 0.572. The van der Waals surface area contributed by atoms with Gasteiger partial charge in [0, 0.05) is 24.0 Å². The van der Waals surface area contributed by atoms with Crippen LogP contribution in [-0.2, 0) is 0 Å². The van der Waals surface area contributed by atoms with Gasteiger partial charge in [0.2, 0.25) is 10.1 Å². The van der Waals surface area contributed by atoms with Crippen LogP contribution in [0.15, 0.2) is 35.3 Å². The Labute approximate surface area is 136 Å². The molecule has 0 fully saturated rings. The van der Waals surface area contributed by atoms with Crippen LogP contribution in [0.25, 0.3) is 4.96 Å². The molecule has 0 radical (unpaired) electrons. The Morgan fingerprint density at radius 2 is 2.09 bits per heavy atom. The minimum atomic E-state index is -0.211. The van der Waals surface area contributed by atoms with Gasteiger partial charge in [-0.15, -0.1) is 5.10 Å². The molecule has 0 spiro atoms. The minimum Gasteiger partial charge on any atom is -0.493 e. The van der Waals surface area contributed by atoms with Gasteiger partial charge in [0.05, 0.1) is 13.2 Å². The quantitative estimate of drug-likeness (QED) is 0.774. The molecule has 0 amide bonds. The lowest BCUT2D eigenvalue weighted by atomic mass is 10.2. The lowest BCUT2D eigenvalue weighted by molar-refractivity contribution is 0.230. The topological polar surface area (TPSA) is 77.8 Å². The Hall–Kier alpha value is -2.61. The number of nitrogens with one attached hydrogen (secondary N) is 1. The first-order chi connectivity index (χ1) is 11.1.